The fourth-order valence-corrected chi connectivity index (χ4v) is 1.77. The molecule has 2 aromatic rings. The molecule has 0 aliphatic rings. The molecule has 1 heterocycles. The van der Waals surface area contributed by atoms with Crippen molar-refractivity contribution in [1.82, 2.24) is 20.1 Å². The van der Waals surface area contributed by atoms with Crippen molar-refractivity contribution >= 4 is 5.91 Å². The van der Waals surface area contributed by atoms with Crippen molar-refractivity contribution < 1.29 is 4.79 Å². The lowest BCUT2D eigenvalue weighted by Crippen LogP contribution is -2.39. The van der Waals surface area contributed by atoms with E-state index in [1.54, 1.807) is 11.0 Å². The molecule has 0 fully saturated rings. The van der Waals surface area contributed by atoms with E-state index in [0.29, 0.717) is 19.5 Å². The van der Waals surface area contributed by atoms with Gasteiger partial charge >= 0.3 is 0 Å². The molecule has 0 radical (unpaired) electrons. The molecule has 0 aliphatic carbocycles. The van der Waals surface area contributed by atoms with E-state index in [2.05, 4.69) is 15.4 Å². The summed E-state index contributed by atoms with van der Waals surface area (Å²) in [6.45, 7) is 3.08. The highest BCUT2D eigenvalue weighted by atomic mass is 16.2. The molecule has 20 heavy (non-hydrogen) atoms. The first-order valence-corrected chi connectivity index (χ1v) is 6.62. The molecule has 0 saturated carbocycles. The second kappa shape index (κ2) is 6.81. The molecule has 2 rings (SSSR count). The minimum atomic E-state index is -0.429. The fourth-order valence-electron chi connectivity index (χ4n) is 1.77. The lowest BCUT2D eigenvalue weighted by molar-refractivity contribution is -0.122. The van der Waals surface area contributed by atoms with Gasteiger partial charge in [0.2, 0.25) is 5.91 Å². The molecule has 0 unspecified atom stereocenters. The summed E-state index contributed by atoms with van der Waals surface area (Å²) < 4.78 is 1.76. The Morgan fingerprint density at radius 1 is 1.35 bits per heavy atom. The molecule has 0 saturated heterocycles. The molecule has 0 aliphatic heterocycles. The van der Waals surface area contributed by atoms with Gasteiger partial charge in [0.25, 0.3) is 0 Å². The second-order valence-electron chi connectivity index (χ2n) is 4.64. The normalized spacial score (nSPS) is 12.1. The van der Waals surface area contributed by atoms with Crippen molar-refractivity contribution in [3.8, 4) is 0 Å². The van der Waals surface area contributed by atoms with Gasteiger partial charge in [-0.15, -0.1) is 0 Å². The van der Waals surface area contributed by atoms with E-state index in [1.165, 1.54) is 6.33 Å². The van der Waals surface area contributed by atoms with Gasteiger partial charge in [0.1, 0.15) is 12.7 Å². The molecule has 6 nitrogen and oxygen atoms in total. The van der Waals surface area contributed by atoms with Crippen LogP contribution >= 0.6 is 0 Å². The van der Waals surface area contributed by atoms with Gasteiger partial charge in [0.15, 0.2) is 0 Å². The van der Waals surface area contributed by atoms with Crippen LogP contribution in [-0.2, 0) is 17.9 Å². The maximum atomic E-state index is 11.6. The first kappa shape index (κ1) is 14.2. The summed E-state index contributed by atoms with van der Waals surface area (Å²) in [4.78, 5) is 15.5. The van der Waals surface area contributed by atoms with E-state index in [-0.39, 0.29) is 5.91 Å². The van der Waals surface area contributed by atoms with Crippen LogP contribution in [0.4, 0.5) is 0 Å². The highest BCUT2D eigenvalue weighted by Gasteiger charge is 2.09. The molecular weight excluding hydrogens is 254 g/mol. The van der Waals surface area contributed by atoms with Crippen molar-refractivity contribution in [2.75, 3.05) is 0 Å². The monoisotopic (exact) mass is 273 g/mol. The van der Waals surface area contributed by atoms with Gasteiger partial charge in [-0.1, -0.05) is 31.2 Å². The predicted octanol–water partition coefficient (Wildman–Crippen LogP) is 0.680. The van der Waals surface area contributed by atoms with E-state index >= 15 is 0 Å². The maximum absolute atomic E-state index is 11.6. The third-order valence-corrected chi connectivity index (χ3v) is 3.08. The van der Waals surface area contributed by atoms with Crippen molar-refractivity contribution in [3.05, 3.63) is 48.0 Å². The summed E-state index contributed by atoms with van der Waals surface area (Å²) in [6.07, 6.45) is 3.84. The Balaban J connectivity index is 1.87. The van der Waals surface area contributed by atoms with Crippen molar-refractivity contribution in [2.24, 2.45) is 5.73 Å². The molecule has 0 spiro atoms. The van der Waals surface area contributed by atoms with E-state index in [1.807, 2.05) is 31.2 Å². The number of benzene rings is 1. The number of nitrogens with one attached hydrogen (secondary N) is 1. The summed E-state index contributed by atoms with van der Waals surface area (Å²) in [6, 6.07) is 7.58. The Morgan fingerprint density at radius 3 is 2.65 bits per heavy atom. The molecule has 106 valence electrons. The number of nitrogens with zero attached hydrogens (tertiary/aromatic N) is 3. The minimum absolute atomic E-state index is 0.112. The molecule has 3 N–H and O–H groups in total. The first-order valence-electron chi connectivity index (χ1n) is 6.62. The van der Waals surface area contributed by atoms with Gasteiger partial charge < -0.3 is 11.1 Å². The summed E-state index contributed by atoms with van der Waals surface area (Å²) in [5.74, 6) is -0.112. The number of amides is 1. The summed E-state index contributed by atoms with van der Waals surface area (Å²) in [7, 11) is 0. The summed E-state index contributed by atoms with van der Waals surface area (Å²) >= 11 is 0. The van der Waals surface area contributed by atoms with Crippen LogP contribution in [0.3, 0.4) is 0 Å². The van der Waals surface area contributed by atoms with Gasteiger partial charge in [-0.3, -0.25) is 4.79 Å². The molecule has 1 amide bonds. The standard InChI is InChI=1S/C14H19N5O/c1-2-13(15)14(20)17-7-11-3-5-12(6-4-11)8-19-10-16-9-18-19/h3-6,9-10,13H,2,7-8,15H2,1H3,(H,17,20)/t13-/m0/s1. The number of rotatable bonds is 6. The number of hydrogen-bond donors (Lipinski definition) is 2. The van der Waals surface area contributed by atoms with E-state index < -0.39 is 6.04 Å². The highest BCUT2D eigenvalue weighted by Crippen LogP contribution is 2.05. The predicted molar refractivity (Wildman–Crippen MR) is 75.7 cm³/mol. The molecule has 0 bridgehead atoms. The minimum Gasteiger partial charge on any atom is -0.351 e. The van der Waals surface area contributed by atoms with Crippen molar-refractivity contribution in [2.45, 2.75) is 32.5 Å². The Labute approximate surface area is 118 Å². The third-order valence-electron chi connectivity index (χ3n) is 3.08. The van der Waals surface area contributed by atoms with Crippen LogP contribution in [0, 0.1) is 0 Å². The Morgan fingerprint density at radius 2 is 2.05 bits per heavy atom. The van der Waals surface area contributed by atoms with Crippen LogP contribution in [0.1, 0.15) is 24.5 Å². The topological polar surface area (TPSA) is 85.8 Å². The zero-order chi connectivity index (χ0) is 14.4. The van der Waals surface area contributed by atoms with E-state index in [0.717, 1.165) is 11.1 Å². The van der Waals surface area contributed by atoms with Gasteiger partial charge in [-0.05, 0) is 17.5 Å². The van der Waals surface area contributed by atoms with E-state index in [9.17, 15) is 4.79 Å². The zero-order valence-electron chi connectivity index (χ0n) is 11.5. The third kappa shape index (κ3) is 3.89. The van der Waals surface area contributed by atoms with Crippen molar-refractivity contribution in [3.63, 3.8) is 0 Å². The summed E-state index contributed by atoms with van der Waals surface area (Å²) in [5, 5.41) is 6.88. The van der Waals surface area contributed by atoms with Crippen LogP contribution in [0.5, 0.6) is 0 Å². The number of aromatic nitrogens is 3. The van der Waals surface area contributed by atoms with E-state index in [4.69, 9.17) is 5.73 Å². The van der Waals surface area contributed by atoms with Crippen LogP contribution in [0.2, 0.25) is 0 Å². The maximum Gasteiger partial charge on any atom is 0.237 e. The Kier molecular flexibility index (Phi) is 4.84. The number of hydrogen-bond acceptors (Lipinski definition) is 4. The molecule has 1 atom stereocenters. The first-order chi connectivity index (χ1) is 9.69. The van der Waals surface area contributed by atoms with Crippen LogP contribution in [-0.4, -0.2) is 26.7 Å². The lowest BCUT2D eigenvalue weighted by Gasteiger charge is -2.10. The SMILES string of the molecule is CC[C@H](N)C(=O)NCc1ccc(Cn2cncn2)cc1. The molecular formula is C14H19N5O. The fraction of sp³-hybridized carbons (Fsp3) is 0.357. The Bertz CT molecular complexity index is 535. The quantitative estimate of drug-likeness (QED) is 0.810. The van der Waals surface area contributed by atoms with Crippen LogP contribution in [0.15, 0.2) is 36.9 Å². The van der Waals surface area contributed by atoms with Crippen LogP contribution < -0.4 is 11.1 Å². The molecule has 6 heteroatoms. The smallest absolute Gasteiger partial charge is 0.237 e. The molecule has 1 aromatic carbocycles. The highest BCUT2D eigenvalue weighted by molar-refractivity contribution is 5.81. The van der Waals surface area contributed by atoms with Gasteiger partial charge in [0, 0.05) is 6.54 Å². The van der Waals surface area contributed by atoms with Gasteiger partial charge in [-0.2, -0.15) is 5.10 Å². The zero-order valence-corrected chi connectivity index (χ0v) is 11.5. The average molecular weight is 273 g/mol. The average Bonchev–Trinajstić information content (AvgIpc) is 2.98. The van der Waals surface area contributed by atoms with Crippen LogP contribution in [0.25, 0.3) is 0 Å². The Hall–Kier alpha value is -2.21. The second-order valence-corrected chi connectivity index (χ2v) is 4.64. The van der Waals surface area contributed by atoms with Gasteiger partial charge in [-0.25, -0.2) is 9.67 Å². The largest absolute Gasteiger partial charge is 0.351 e. The molecule has 1 aromatic heterocycles. The van der Waals surface area contributed by atoms with Crippen molar-refractivity contribution in [1.29, 1.82) is 0 Å². The number of nitrogens with two attached hydrogens (primary N) is 1. The lowest BCUT2D eigenvalue weighted by atomic mass is 10.1. The summed E-state index contributed by atoms with van der Waals surface area (Å²) in [5.41, 5.74) is 7.83. The number of carbonyl (C=O) groups excluding carboxylic acids is 1. The number of carbonyl (C=O) groups is 1. The van der Waals surface area contributed by atoms with Gasteiger partial charge in [0.05, 0.1) is 12.6 Å².